The number of nitrogens with zero attached hydrogens (tertiary/aromatic N) is 5. The van der Waals surface area contributed by atoms with E-state index in [1.165, 1.54) is 25.4 Å². The van der Waals surface area contributed by atoms with Crippen molar-refractivity contribution in [1.29, 1.82) is 0 Å². The third-order valence-corrected chi connectivity index (χ3v) is 4.77. The predicted molar refractivity (Wildman–Crippen MR) is 98.5 cm³/mol. The Morgan fingerprint density at radius 2 is 1.68 bits per heavy atom. The van der Waals surface area contributed by atoms with Crippen LogP contribution in [-0.2, 0) is 0 Å². The van der Waals surface area contributed by atoms with E-state index in [2.05, 4.69) is 15.1 Å². The molecule has 28 heavy (non-hydrogen) atoms. The second-order valence-corrected chi connectivity index (χ2v) is 6.39. The van der Waals surface area contributed by atoms with E-state index in [4.69, 9.17) is 0 Å². The maximum absolute atomic E-state index is 13.4. The number of fused-ring (bicyclic) bond motifs is 3. The van der Waals surface area contributed by atoms with Crippen LogP contribution in [0.25, 0.3) is 28.0 Å². The van der Waals surface area contributed by atoms with Crippen LogP contribution in [0.1, 0.15) is 20.7 Å². The van der Waals surface area contributed by atoms with E-state index in [0.717, 1.165) is 10.5 Å². The maximum Gasteiger partial charge on any atom is 0.262 e. The van der Waals surface area contributed by atoms with Crippen LogP contribution in [0.15, 0.2) is 55.0 Å². The Morgan fingerprint density at radius 1 is 0.964 bits per heavy atom. The molecular weight excluding hydrogens is 361 g/mol. The van der Waals surface area contributed by atoms with Gasteiger partial charge in [-0.3, -0.25) is 19.5 Å². The molecule has 0 spiro atoms. The smallest absolute Gasteiger partial charge is 0.262 e. The molecule has 0 saturated heterocycles. The van der Waals surface area contributed by atoms with Gasteiger partial charge >= 0.3 is 0 Å². The van der Waals surface area contributed by atoms with Gasteiger partial charge in [0.25, 0.3) is 11.8 Å². The number of hydrogen-bond acceptors (Lipinski definition) is 5. The third-order valence-electron chi connectivity index (χ3n) is 4.77. The molecule has 8 heteroatoms. The maximum atomic E-state index is 13.4. The zero-order valence-electron chi connectivity index (χ0n) is 14.6. The van der Waals surface area contributed by atoms with Gasteiger partial charge in [-0.05, 0) is 36.4 Å². The van der Waals surface area contributed by atoms with Crippen molar-refractivity contribution >= 4 is 22.8 Å². The van der Waals surface area contributed by atoms with E-state index in [1.807, 2.05) is 0 Å². The topological polar surface area (TPSA) is 81.0 Å². The van der Waals surface area contributed by atoms with Crippen molar-refractivity contribution in [3.63, 3.8) is 0 Å². The summed E-state index contributed by atoms with van der Waals surface area (Å²) in [5, 5.41) is 5.13. The summed E-state index contributed by atoms with van der Waals surface area (Å²) in [6.45, 7) is 0. The number of pyridine rings is 2. The summed E-state index contributed by atoms with van der Waals surface area (Å²) in [5.74, 6) is -1.17. The van der Waals surface area contributed by atoms with Crippen molar-refractivity contribution in [1.82, 2.24) is 24.6 Å². The first-order chi connectivity index (χ1) is 13.6. The van der Waals surface area contributed by atoms with E-state index in [9.17, 15) is 14.0 Å². The highest BCUT2D eigenvalue weighted by Gasteiger charge is 2.37. The Balaban J connectivity index is 1.89. The van der Waals surface area contributed by atoms with Crippen molar-refractivity contribution in [2.24, 2.45) is 0 Å². The number of halogens is 1. The monoisotopic (exact) mass is 373 g/mol. The zero-order valence-corrected chi connectivity index (χ0v) is 14.6. The number of benzene rings is 1. The number of rotatable bonds is 2. The Bertz CT molecular complexity index is 1270. The largest absolute Gasteiger partial charge is 0.277 e. The van der Waals surface area contributed by atoms with Crippen LogP contribution >= 0.6 is 0 Å². The molecule has 7 nitrogen and oxygen atoms in total. The summed E-state index contributed by atoms with van der Waals surface area (Å²) in [7, 11) is 1.44. The molecule has 0 N–H and O–H groups in total. The van der Waals surface area contributed by atoms with Crippen molar-refractivity contribution < 1.29 is 14.0 Å². The quantitative estimate of drug-likeness (QED) is 0.505. The van der Waals surface area contributed by atoms with Crippen molar-refractivity contribution in [2.45, 2.75) is 0 Å². The molecule has 1 aliphatic heterocycles. The molecule has 0 radical (unpaired) electrons. The molecule has 0 atom stereocenters. The molecule has 5 rings (SSSR count). The molecule has 0 bridgehead atoms. The lowest BCUT2D eigenvalue weighted by Crippen LogP contribution is -2.24. The van der Waals surface area contributed by atoms with Crippen LogP contribution in [0.2, 0.25) is 0 Å². The number of amides is 2. The van der Waals surface area contributed by atoms with Crippen LogP contribution in [0.3, 0.4) is 0 Å². The first-order valence-electron chi connectivity index (χ1n) is 8.46. The zero-order chi connectivity index (χ0) is 19.4. The van der Waals surface area contributed by atoms with Crippen LogP contribution in [0, 0.1) is 5.82 Å². The lowest BCUT2D eigenvalue weighted by Gasteiger charge is -2.03. The summed E-state index contributed by atoms with van der Waals surface area (Å²) >= 11 is 0. The molecule has 0 saturated carbocycles. The highest BCUT2D eigenvalue weighted by Crippen LogP contribution is 2.35. The summed E-state index contributed by atoms with van der Waals surface area (Å²) in [6, 6.07) is 9.33. The van der Waals surface area contributed by atoms with Crippen LogP contribution in [-0.4, -0.2) is 43.5 Å². The van der Waals surface area contributed by atoms with E-state index >= 15 is 0 Å². The first-order valence-corrected chi connectivity index (χ1v) is 8.46. The number of carbonyl (C=O) groups excluding carboxylic acids is 2. The van der Waals surface area contributed by atoms with Gasteiger partial charge in [-0.15, -0.1) is 0 Å². The van der Waals surface area contributed by atoms with E-state index in [1.54, 1.807) is 41.3 Å². The number of hydrogen-bond donors (Lipinski definition) is 0. The Hall–Kier alpha value is -3.94. The lowest BCUT2D eigenvalue weighted by atomic mass is 10.0. The molecule has 0 aliphatic carbocycles. The Labute approximate surface area is 158 Å². The Kier molecular flexibility index (Phi) is 3.35. The van der Waals surface area contributed by atoms with E-state index in [0.29, 0.717) is 22.4 Å². The van der Waals surface area contributed by atoms with Gasteiger partial charge in [-0.25, -0.2) is 14.1 Å². The molecule has 2 amide bonds. The van der Waals surface area contributed by atoms with Gasteiger partial charge in [0.15, 0.2) is 5.65 Å². The van der Waals surface area contributed by atoms with Crippen molar-refractivity contribution in [3.8, 4) is 16.9 Å². The average Bonchev–Trinajstić information content (AvgIpc) is 3.21. The predicted octanol–water partition coefficient (Wildman–Crippen LogP) is 2.85. The van der Waals surface area contributed by atoms with Crippen molar-refractivity contribution in [3.05, 3.63) is 71.9 Å². The first kappa shape index (κ1) is 16.2. The highest BCUT2D eigenvalue weighted by molar-refractivity contribution is 6.27. The van der Waals surface area contributed by atoms with E-state index < -0.39 is 11.8 Å². The fraction of sp³-hybridized carbons (Fsp3) is 0.0500. The summed E-state index contributed by atoms with van der Waals surface area (Å²) in [5.41, 5.74) is 2.75. The fourth-order valence-electron chi connectivity index (χ4n) is 3.38. The van der Waals surface area contributed by atoms with Gasteiger partial charge in [0, 0.05) is 31.2 Å². The fourth-order valence-corrected chi connectivity index (χ4v) is 3.38. The van der Waals surface area contributed by atoms with Gasteiger partial charge in [0.05, 0.1) is 22.2 Å². The SMILES string of the molecule is CN1C(=O)c2cnc3c(c(-c4ccncc4)nn3-c3ccc(F)cc3)c2C1=O. The van der Waals surface area contributed by atoms with E-state index in [-0.39, 0.29) is 16.9 Å². The van der Waals surface area contributed by atoms with Gasteiger partial charge in [-0.1, -0.05) is 0 Å². The van der Waals surface area contributed by atoms with Gasteiger partial charge in [0.2, 0.25) is 0 Å². The normalized spacial score (nSPS) is 13.4. The number of aromatic nitrogens is 4. The molecule has 1 aromatic carbocycles. The minimum Gasteiger partial charge on any atom is -0.277 e. The van der Waals surface area contributed by atoms with Gasteiger partial charge in [0.1, 0.15) is 11.5 Å². The van der Waals surface area contributed by atoms with Crippen molar-refractivity contribution in [2.75, 3.05) is 7.05 Å². The summed E-state index contributed by atoms with van der Waals surface area (Å²) in [6.07, 6.45) is 4.63. The molecule has 0 unspecified atom stereocenters. The second-order valence-electron chi connectivity index (χ2n) is 6.39. The minimum absolute atomic E-state index is 0.244. The lowest BCUT2D eigenvalue weighted by molar-refractivity contribution is 0.0693. The molecular formula is C20H12FN5O2. The minimum atomic E-state index is -0.402. The molecule has 3 aromatic heterocycles. The number of carbonyl (C=O) groups is 2. The second kappa shape index (κ2) is 5.78. The molecule has 4 heterocycles. The van der Waals surface area contributed by atoms with Crippen LogP contribution in [0.4, 0.5) is 4.39 Å². The molecule has 136 valence electrons. The molecule has 1 aliphatic rings. The Morgan fingerprint density at radius 3 is 2.39 bits per heavy atom. The highest BCUT2D eigenvalue weighted by atomic mass is 19.1. The standard InChI is InChI=1S/C20H12FN5O2/c1-25-19(27)14-10-23-18-16(15(14)20(25)28)17(11-6-8-22-9-7-11)24-26(18)13-4-2-12(21)3-5-13/h2-10H,1H3. The number of imide groups is 1. The summed E-state index contributed by atoms with van der Waals surface area (Å²) < 4.78 is 14.9. The van der Waals surface area contributed by atoms with Gasteiger partial charge in [-0.2, -0.15) is 5.10 Å². The third kappa shape index (κ3) is 2.18. The van der Waals surface area contributed by atoms with Crippen LogP contribution in [0.5, 0.6) is 0 Å². The van der Waals surface area contributed by atoms with Gasteiger partial charge < -0.3 is 0 Å². The van der Waals surface area contributed by atoms with Crippen LogP contribution < -0.4 is 0 Å². The average molecular weight is 373 g/mol. The summed E-state index contributed by atoms with van der Waals surface area (Å²) in [4.78, 5) is 34.7. The molecule has 0 fully saturated rings. The molecule has 4 aromatic rings.